The fraction of sp³-hybridized carbons (Fsp3) is 0. The molecule has 23 heavy (non-hydrogen) atoms. The van der Waals surface area contributed by atoms with Gasteiger partial charge in [-0.1, -0.05) is 23.2 Å². The van der Waals surface area contributed by atoms with E-state index in [1.807, 2.05) is 0 Å². The summed E-state index contributed by atoms with van der Waals surface area (Å²) in [6, 6.07) is 9.59. The van der Waals surface area contributed by atoms with Gasteiger partial charge in [0.15, 0.2) is 5.82 Å². The van der Waals surface area contributed by atoms with E-state index in [2.05, 4.69) is 20.5 Å². The number of aromatic nitrogens is 5. The van der Waals surface area contributed by atoms with Gasteiger partial charge in [0.05, 0.1) is 15.7 Å². The van der Waals surface area contributed by atoms with E-state index in [1.165, 1.54) is 16.8 Å². The Labute approximate surface area is 139 Å². The third-order valence-electron chi connectivity index (χ3n) is 3.50. The van der Waals surface area contributed by atoms with Gasteiger partial charge >= 0.3 is 0 Å². The van der Waals surface area contributed by atoms with Crippen molar-refractivity contribution in [3.63, 3.8) is 0 Å². The molecule has 5 nitrogen and oxygen atoms in total. The summed E-state index contributed by atoms with van der Waals surface area (Å²) in [5.41, 5.74) is 2.14. The Morgan fingerprint density at radius 2 is 1.91 bits per heavy atom. The van der Waals surface area contributed by atoms with Crippen molar-refractivity contribution >= 4 is 34.1 Å². The number of rotatable bonds is 2. The van der Waals surface area contributed by atoms with Crippen LogP contribution in [-0.4, -0.2) is 25.2 Å². The Morgan fingerprint density at radius 3 is 2.74 bits per heavy atom. The number of benzene rings is 2. The van der Waals surface area contributed by atoms with Crippen molar-refractivity contribution in [2.24, 2.45) is 0 Å². The summed E-state index contributed by atoms with van der Waals surface area (Å²) in [6.45, 7) is 0. The molecule has 4 aromatic rings. The lowest BCUT2D eigenvalue weighted by molar-refractivity contribution is 0.630. The fourth-order valence-electron chi connectivity index (χ4n) is 2.42. The summed E-state index contributed by atoms with van der Waals surface area (Å²) in [5, 5.41) is 13.3. The highest BCUT2D eigenvalue weighted by atomic mass is 35.5. The van der Waals surface area contributed by atoms with Crippen LogP contribution in [-0.2, 0) is 0 Å². The molecule has 2 aromatic carbocycles. The predicted molar refractivity (Wildman–Crippen MR) is 86.4 cm³/mol. The first-order valence-corrected chi connectivity index (χ1v) is 7.40. The Bertz CT molecular complexity index is 1020. The third-order valence-corrected chi connectivity index (χ3v) is 4.24. The molecule has 2 aromatic heterocycles. The Kier molecular flexibility index (Phi) is 3.28. The summed E-state index contributed by atoms with van der Waals surface area (Å²) in [7, 11) is 0. The predicted octanol–water partition coefficient (Wildman–Crippen LogP) is 4.26. The molecule has 0 unspecified atom stereocenters. The molecule has 2 heterocycles. The lowest BCUT2D eigenvalue weighted by atomic mass is 10.1. The molecule has 0 amide bonds. The lowest BCUT2D eigenvalue weighted by Gasteiger charge is -2.05. The second-order valence-electron chi connectivity index (χ2n) is 4.90. The molecule has 114 valence electrons. The summed E-state index contributed by atoms with van der Waals surface area (Å²) in [6.07, 6.45) is 1.74. The number of fused-ring (bicyclic) bond motifs is 1. The van der Waals surface area contributed by atoms with E-state index in [9.17, 15) is 4.39 Å². The molecule has 0 atom stereocenters. The average Bonchev–Trinajstić information content (AvgIpc) is 3.15. The Balaban J connectivity index is 1.92. The molecular formula is C15H8Cl2FN5. The summed E-state index contributed by atoms with van der Waals surface area (Å²) < 4.78 is 15.1. The van der Waals surface area contributed by atoms with E-state index >= 15 is 0 Å². The van der Waals surface area contributed by atoms with Crippen LogP contribution in [0.4, 0.5) is 4.39 Å². The minimum Gasteiger partial charge on any atom is -0.360 e. The maximum atomic E-state index is 13.6. The molecule has 8 heteroatoms. The van der Waals surface area contributed by atoms with Crippen LogP contribution in [0.3, 0.4) is 0 Å². The van der Waals surface area contributed by atoms with Crippen molar-refractivity contribution in [3.05, 3.63) is 58.5 Å². The fourth-order valence-corrected chi connectivity index (χ4v) is 2.72. The number of hydrogen-bond donors (Lipinski definition) is 1. The highest BCUT2D eigenvalue weighted by Gasteiger charge is 2.16. The van der Waals surface area contributed by atoms with Crippen molar-refractivity contribution in [1.82, 2.24) is 25.2 Å². The second-order valence-corrected chi connectivity index (χ2v) is 5.72. The quantitative estimate of drug-likeness (QED) is 0.589. The summed E-state index contributed by atoms with van der Waals surface area (Å²) in [4.78, 5) is 3.08. The van der Waals surface area contributed by atoms with Crippen LogP contribution in [0.1, 0.15) is 0 Å². The van der Waals surface area contributed by atoms with Crippen molar-refractivity contribution in [2.75, 3.05) is 0 Å². The second kappa shape index (κ2) is 5.33. The number of aromatic amines is 1. The molecule has 0 fully saturated rings. The first-order chi connectivity index (χ1) is 11.1. The minimum absolute atomic E-state index is 0.327. The summed E-state index contributed by atoms with van der Waals surface area (Å²) >= 11 is 12.0. The Morgan fingerprint density at radius 1 is 1.04 bits per heavy atom. The lowest BCUT2D eigenvalue weighted by Crippen LogP contribution is -1.99. The topological polar surface area (TPSA) is 59.4 Å². The minimum atomic E-state index is -0.327. The highest BCUT2D eigenvalue weighted by molar-refractivity contribution is 6.42. The molecule has 0 saturated heterocycles. The van der Waals surface area contributed by atoms with E-state index in [-0.39, 0.29) is 5.82 Å². The zero-order valence-corrected chi connectivity index (χ0v) is 13.0. The van der Waals surface area contributed by atoms with Gasteiger partial charge in [-0.25, -0.2) is 4.39 Å². The smallest absolute Gasteiger partial charge is 0.189 e. The molecule has 0 saturated carbocycles. The van der Waals surface area contributed by atoms with E-state index in [0.29, 0.717) is 32.5 Å². The normalized spacial score (nSPS) is 11.3. The molecule has 4 rings (SSSR count). The largest absolute Gasteiger partial charge is 0.360 e. The van der Waals surface area contributed by atoms with Gasteiger partial charge in [0.25, 0.3) is 0 Å². The van der Waals surface area contributed by atoms with Gasteiger partial charge in [-0.15, -0.1) is 5.10 Å². The number of nitrogens with one attached hydrogen (secondary N) is 1. The monoisotopic (exact) mass is 347 g/mol. The van der Waals surface area contributed by atoms with Crippen LogP contribution >= 0.6 is 23.2 Å². The van der Waals surface area contributed by atoms with Crippen LogP contribution in [0.15, 0.2) is 42.6 Å². The van der Waals surface area contributed by atoms with Crippen molar-refractivity contribution < 1.29 is 4.39 Å². The van der Waals surface area contributed by atoms with Gasteiger partial charge in [0.1, 0.15) is 5.82 Å². The van der Waals surface area contributed by atoms with Gasteiger partial charge in [-0.2, -0.15) is 4.68 Å². The van der Waals surface area contributed by atoms with Crippen molar-refractivity contribution in [2.45, 2.75) is 0 Å². The first-order valence-electron chi connectivity index (χ1n) is 6.64. The first kappa shape index (κ1) is 14.2. The van der Waals surface area contributed by atoms with Crippen LogP contribution in [0.25, 0.3) is 28.0 Å². The zero-order valence-electron chi connectivity index (χ0n) is 11.5. The highest BCUT2D eigenvalue weighted by Crippen LogP contribution is 2.30. The number of hydrogen-bond acceptors (Lipinski definition) is 3. The SMILES string of the molecule is Fc1ccc2[nH]cc(-c3nnnn3-c3ccc(Cl)c(Cl)c3)c2c1. The van der Waals surface area contributed by atoms with Crippen LogP contribution < -0.4 is 0 Å². The van der Waals surface area contributed by atoms with Gasteiger partial charge in [-0.3, -0.25) is 0 Å². The molecule has 0 aliphatic heterocycles. The van der Waals surface area contributed by atoms with E-state index in [0.717, 1.165) is 5.52 Å². The number of nitrogens with zero attached hydrogens (tertiary/aromatic N) is 4. The molecule has 0 radical (unpaired) electrons. The molecular weight excluding hydrogens is 340 g/mol. The van der Waals surface area contributed by atoms with Crippen LogP contribution in [0, 0.1) is 5.82 Å². The number of halogens is 3. The number of tetrazole rings is 1. The molecule has 0 aliphatic rings. The van der Waals surface area contributed by atoms with Crippen molar-refractivity contribution in [1.29, 1.82) is 0 Å². The maximum Gasteiger partial charge on any atom is 0.189 e. The van der Waals surface area contributed by atoms with E-state index in [1.54, 1.807) is 30.5 Å². The number of H-pyrrole nitrogens is 1. The van der Waals surface area contributed by atoms with Gasteiger partial charge < -0.3 is 4.98 Å². The van der Waals surface area contributed by atoms with Gasteiger partial charge in [-0.05, 0) is 46.8 Å². The molecule has 0 aliphatic carbocycles. The van der Waals surface area contributed by atoms with Crippen molar-refractivity contribution in [3.8, 4) is 17.1 Å². The van der Waals surface area contributed by atoms with Crippen LogP contribution in [0.5, 0.6) is 0 Å². The van der Waals surface area contributed by atoms with Gasteiger partial charge in [0.2, 0.25) is 0 Å². The van der Waals surface area contributed by atoms with E-state index < -0.39 is 0 Å². The molecule has 0 bridgehead atoms. The van der Waals surface area contributed by atoms with Crippen LogP contribution in [0.2, 0.25) is 10.0 Å². The van der Waals surface area contributed by atoms with Gasteiger partial charge in [0, 0.05) is 22.7 Å². The third kappa shape index (κ3) is 2.36. The Hall–Kier alpha value is -2.44. The zero-order chi connectivity index (χ0) is 16.0. The standard InChI is InChI=1S/C15H8Cl2FN5/c16-12-3-2-9(6-13(12)17)23-15(20-21-22-23)11-7-19-14-4-1-8(18)5-10(11)14/h1-7,19H. The summed E-state index contributed by atoms with van der Waals surface area (Å²) in [5.74, 6) is 0.146. The molecule has 1 N–H and O–H groups in total. The maximum absolute atomic E-state index is 13.6. The van der Waals surface area contributed by atoms with E-state index in [4.69, 9.17) is 23.2 Å². The molecule has 0 spiro atoms. The average molecular weight is 348 g/mol.